The zero-order valence-corrected chi connectivity index (χ0v) is 12.2. The molecular formula is C14H22N4O2. The van der Waals surface area contributed by atoms with Crippen molar-refractivity contribution in [2.45, 2.75) is 38.1 Å². The van der Waals surface area contributed by atoms with Crippen LogP contribution < -0.4 is 5.32 Å². The standard InChI is InChI=1S/C14H22N4O2/c1-4-18-10(5-7-15-18)14(19)16-11-9-6-8-20-13(9)12(11)17(2)3/h5,7,9,11-13H,4,6,8H2,1-3H3,(H,16,19)/t9-,11+,12-,13-/m1/s1. The van der Waals surface area contributed by atoms with Crippen LogP contribution in [0.4, 0.5) is 0 Å². The summed E-state index contributed by atoms with van der Waals surface area (Å²) in [5.74, 6) is 0.413. The number of aromatic nitrogens is 2. The fourth-order valence-electron chi connectivity index (χ4n) is 3.49. The third-order valence-corrected chi connectivity index (χ3v) is 4.49. The SMILES string of the molecule is CCn1nccc1C(=O)N[C@H]1[C@H]2CCO[C@H]2[C@@H]1N(C)C. The van der Waals surface area contributed by atoms with Crippen molar-refractivity contribution in [2.75, 3.05) is 20.7 Å². The molecule has 1 aromatic rings. The van der Waals surface area contributed by atoms with Crippen molar-refractivity contribution in [1.82, 2.24) is 20.0 Å². The van der Waals surface area contributed by atoms with Gasteiger partial charge in [0.05, 0.1) is 18.2 Å². The van der Waals surface area contributed by atoms with E-state index in [0.29, 0.717) is 18.2 Å². The summed E-state index contributed by atoms with van der Waals surface area (Å²) in [6, 6.07) is 2.21. The van der Waals surface area contributed by atoms with Gasteiger partial charge >= 0.3 is 0 Å². The minimum Gasteiger partial charge on any atom is -0.376 e. The predicted octanol–water partition coefficient (Wildman–Crippen LogP) is 0.350. The fourth-order valence-corrected chi connectivity index (χ4v) is 3.49. The number of likely N-dealkylation sites (N-methyl/N-ethyl adjacent to an activating group) is 1. The summed E-state index contributed by atoms with van der Waals surface area (Å²) in [6.07, 6.45) is 2.98. The zero-order valence-electron chi connectivity index (χ0n) is 12.2. The molecule has 20 heavy (non-hydrogen) atoms. The molecule has 3 rings (SSSR count). The molecule has 6 nitrogen and oxygen atoms in total. The molecule has 2 heterocycles. The Hall–Kier alpha value is -1.40. The number of nitrogens with one attached hydrogen (secondary N) is 1. The van der Waals surface area contributed by atoms with Gasteiger partial charge in [-0.3, -0.25) is 9.48 Å². The first-order chi connectivity index (χ1) is 9.63. The lowest BCUT2D eigenvalue weighted by Gasteiger charge is -2.50. The highest BCUT2D eigenvalue weighted by atomic mass is 16.5. The molecule has 2 aliphatic rings. The normalized spacial score (nSPS) is 32.0. The van der Waals surface area contributed by atoms with Crippen molar-refractivity contribution in [2.24, 2.45) is 5.92 Å². The van der Waals surface area contributed by atoms with Crippen molar-refractivity contribution in [3.05, 3.63) is 18.0 Å². The Labute approximate surface area is 119 Å². The van der Waals surface area contributed by atoms with E-state index in [1.165, 1.54) is 0 Å². The number of hydrogen-bond donors (Lipinski definition) is 1. The average molecular weight is 278 g/mol. The number of aryl methyl sites for hydroxylation is 1. The average Bonchev–Trinajstić information content (AvgIpc) is 3.01. The molecule has 1 amide bonds. The molecule has 1 aliphatic heterocycles. The number of rotatable bonds is 4. The number of hydrogen-bond acceptors (Lipinski definition) is 4. The lowest BCUT2D eigenvalue weighted by atomic mass is 9.71. The molecule has 0 unspecified atom stereocenters. The lowest BCUT2D eigenvalue weighted by Crippen LogP contribution is -2.69. The van der Waals surface area contributed by atoms with E-state index < -0.39 is 0 Å². The molecule has 1 saturated heterocycles. The van der Waals surface area contributed by atoms with E-state index in [1.54, 1.807) is 16.9 Å². The third kappa shape index (κ3) is 2.03. The smallest absolute Gasteiger partial charge is 0.269 e. The lowest BCUT2D eigenvalue weighted by molar-refractivity contribution is -0.0664. The highest BCUT2D eigenvalue weighted by Crippen LogP contribution is 2.41. The van der Waals surface area contributed by atoms with Crippen molar-refractivity contribution < 1.29 is 9.53 Å². The van der Waals surface area contributed by atoms with Crippen LogP contribution in [0, 0.1) is 5.92 Å². The van der Waals surface area contributed by atoms with Crippen molar-refractivity contribution in [1.29, 1.82) is 0 Å². The van der Waals surface area contributed by atoms with Gasteiger partial charge < -0.3 is 15.0 Å². The number of fused-ring (bicyclic) bond motifs is 1. The summed E-state index contributed by atoms with van der Waals surface area (Å²) in [4.78, 5) is 14.6. The van der Waals surface area contributed by atoms with E-state index in [1.807, 2.05) is 21.0 Å². The van der Waals surface area contributed by atoms with Crippen LogP contribution >= 0.6 is 0 Å². The molecule has 1 aliphatic carbocycles. The van der Waals surface area contributed by atoms with Gasteiger partial charge in [0.25, 0.3) is 5.91 Å². The first kappa shape index (κ1) is 13.6. The summed E-state index contributed by atoms with van der Waals surface area (Å²) in [5, 5.41) is 7.32. The number of nitrogens with zero attached hydrogens (tertiary/aromatic N) is 3. The Morgan fingerprint density at radius 1 is 1.60 bits per heavy atom. The number of carbonyl (C=O) groups excluding carboxylic acids is 1. The fraction of sp³-hybridized carbons (Fsp3) is 0.714. The van der Waals surface area contributed by atoms with Crippen LogP contribution in [-0.4, -0.2) is 59.5 Å². The molecule has 1 saturated carbocycles. The van der Waals surface area contributed by atoms with Crippen LogP contribution in [0.1, 0.15) is 23.8 Å². The first-order valence-electron chi connectivity index (χ1n) is 7.24. The topological polar surface area (TPSA) is 59.4 Å². The van der Waals surface area contributed by atoms with Gasteiger partial charge in [0.1, 0.15) is 5.69 Å². The molecule has 0 aromatic carbocycles. The van der Waals surface area contributed by atoms with Crippen LogP contribution in [0.3, 0.4) is 0 Å². The molecule has 0 bridgehead atoms. The third-order valence-electron chi connectivity index (χ3n) is 4.49. The zero-order chi connectivity index (χ0) is 14.3. The summed E-state index contributed by atoms with van der Waals surface area (Å²) in [6.45, 7) is 3.49. The Morgan fingerprint density at radius 2 is 2.40 bits per heavy atom. The maximum atomic E-state index is 12.4. The van der Waals surface area contributed by atoms with Crippen LogP contribution in [-0.2, 0) is 11.3 Å². The molecule has 110 valence electrons. The number of carbonyl (C=O) groups is 1. The minimum atomic E-state index is -0.0356. The van der Waals surface area contributed by atoms with Gasteiger partial charge in [0.2, 0.25) is 0 Å². The van der Waals surface area contributed by atoms with Gasteiger partial charge in [-0.15, -0.1) is 0 Å². The summed E-state index contributed by atoms with van der Waals surface area (Å²) in [7, 11) is 4.08. The summed E-state index contributed by atoms with van der Waals surface area (Å²) >= 11 is 0. The highest BCUT2D eigenvalue weighted by Gasteiger charge is 2.55. The van der Waals surface area contributed by atoms with E-state index in [0.717, 1.165) is 13.0 Å². The van der Waals surface area contributed by atoms with E-state index in [4.69, 9.17) is 4.74 Å². The summed E-state index contributed by atoms with van der Waals surface area (Å²) < 4.78 is 7.49. The van der Waals surface area contributed by atoms with Gasteiger partial charge in [-0.2, -0.15) is 5.10 Å². The molecule has 2 fully saturated rings. The molecular weight excluding hydrogens is 256 g/mol. The highest BCUT2D eigenvalue weighted by molar-refractivity contribution is 5.92. The van der Waals surface area contributed by atoms with E-state index in [9.17, 15) is 4.79 Å². The molecule has 1 N–H and O–H groups in total. The van der Waals surface area contributed by atoms with E-state index >= 15 is 0 Å². The Bertz CT molecular complexity index is 499. The molecule has 0 spiro atoms. The van der Waals surface area contributed by atoms with Crippen molar-refractivity contribution >= 4 is 5.91 Å². The van der Waals surface area contributed by atoms with Crippen LogP contribution in [0.15, 0.2) is 12.3 Å². The van der Waals surface area contributed by atoms with Crippen LogP contribution in [0.2, 0.25) is 0 Å². The first-order valence-corrected chi connectivity index (χ1v) is 7.24. The second-order valence-electron chi connectivity index (χ2n) is 5.77. The van der Waals surface area contributed by atoms with Crippen LogP contribution in [0.5, 0.6) is 0 Å². The van der Waals surface area contributed by atoms with Crippen molar-refractivity contribution in [3.8, 4) is 0 Å². The van der Waals surface area contributed by atoms with Gasteiger partial charge in [-0.05, 0) is 33.5 Å². The molecule has 1 aromatic heterocycles. The summed E-state index contributed by atoms with van der Waals surface area (Å²) in [5.41, 5.74) is 0.632. The predicted molar refractivity (Wildman–Crippen MR) is 74.5 cm³/mol. The van der Waals surface area contributed by atoms with Gasteiger partial charge in [-0.1, -0.05) is 0 Å². The number of ether oxygens (including phenoxy) is 1. The molecule has 6 heteroatoms. The molecule has 0 radical (unpaired) electrons. The van der Waals surface area contributed by atoms with Gasteiger partial charge in [0, 0.05) is 25.3 Å². The van der Waals surface area contributed by atoms with Gasteiger partial charge in [-0.25, -0.2) is 0 Å². The van der Waals surface area contributed by atoms with E-state index in [2.05, 4.69) is 15.3 Å². The minimum absolute atomic E-state index is 0.0356. The van der Waals surface area contributed by atoms with E-state index in [-0.39, 0.29) is 24.1 Å². The van der Waals surface area contributed by atoms with Crippen molar-refractivity contribution in [3.63, 3.8) is 0 Å². The van der Waals surface area contributed by atoms with Gasteiger partial charge in [0.15, 0.2) is 0 Å². The number of amides is 1. The maximum Gasteiger partial charge on any atom is 0.269 e. The second-order valence-corrected chi connectivity index (χ2v) is 5.77. The molecule has 4 atom stereocenters. The Kier molecular flexibility index (Phi) is 3.52. The second kappa shape index (κ2) is 5.18. The maximum absolute atomic E-state index is 12.4. The van der Waals surface area contributed by atoms with Crippen LogP contribution in [0.25, 0.3) is 0 Å². The monoisotopic (exact) mass is 278 g/mol. The largest absolute Gasteiger partial charge is 0.376 e. The Morgan fingerprint density at radius 3 is 3.10 bits per heavy atom. The quantitative estimate of drug-likeness (QED) is 0.863. The Balaban J connectivity index is 1.72.